The fourth-order valence-electron chi connectivity index (χ4n) is 3.01. The van der Waals surface area contributed by atoms with E-state index in [0.717, 1.165) is 30.2 Å². The van der Waals surface area contributed by atoms with Crippen molar-refractivity contribution in [3.05, 3.63) is 48.0 Å². The third kappa shape index (κ3) is 5.91. The fraction of sp³-hybridized carbons (Fsp3) is 0.409. The zero-order valence-corrected chi connectivity index (χ0v) is 17.2. The summed E-state index contributed by atoms with van der Waals surface area (Å²) in [6, 6.07) is 14.3. The molecule has 27 heavy (non-hydrogen) atoms. The lowest BCUT2D eigenvalue weighted by molar-refractivity contribution is -0.115. The molecule has 0 fully saturated rings. The minimum atomic E-state index is 0.0116. The minimum absolute atomic E-state index is 0.0116. The van der Waals surface area contributed by atoms with Crippen molar-refractivity contribution < 1.29 is 4.79 Å². The maximum Gasteiger partial charge on any atom is 0.226 e. The first-order valence-corrected chi connectivity index (χ1v) is 9.61. The van der Waals surface area contributed by atoms with Gasteiger partial charge in [0.15, 0.2) is 0 Å². The molecule has 5 heteroatoms. The van der Waals surface area contributed by atoms with Gasteiger partial charge < -0.3 is 20.4 Å². The molecule has 0 heterocycles. The van der Waals surface area contributed by atoms with Crippen LogP contribution in [0.15, 0.2) is 42.5 Å². The normalized spacial score (nSPS) is 10.4. The molecular formula is C22H32N4O. The van der Waals surface area contributed by atoms with Crippen LogP contribution in [-0.2, 0) is 4.79 Å². The van der Waals surface area contributed by atoms with Crippen molar-refractivity contribution >= 4 is 28.7 Å². The van der Waals surface area contributed by atoms with Crippen LogP contribution in [-0.4, -0.2) is 39.6 Å². The Labute approximate surface area is 163 Å². The number of hydrogen-bond donors (Lipinski definition) is 2. The van der Waals surface area contributed by atoms with Crippen molar-refractivity contribution in [2.75, 3.05) is 54.2 Å². The lowest BCUT2D eigenvalue weighted by Gasteiger charge is -2.22. The van der Waals surface area contributed by atoms with Crippen LogP contribution < -0.4 is 20.4 Å². The first-order chi connectivity index (χ1) is 12.9. The Kier molecular flexibility index (Phi) is 7.53. The smallest absolute Gasteiger partial charge is 0.226 e. The Morgan fingerprint density at radius 2 is 1.59 bits per heavy atom. The molecule has 1 amide bonds. The van der Waals surface area contributed by atoms with E-state index in [9.17, 15) is 4.79 Å². The Balaban J connectivity index is 1.84. The Morgan fingerprint density at radius 1 is 0.963 bits per heavy atom. The second-order valence-electron chi connectivity index (χ2n) is 6.84. The Bertz CT molecular complexity index is 736. The highest BCUT2D eigenvalue weighted by Gasteiger charge is 2.06. The van der Waals surface area contributed by atoms with Gasteiger partial charge in [-0.2, -0.15) is 0 Å². The van der Waals surface area contributed by atoms with Crippen molar-refractivity contribution in [1.82, 2.24) is 0 Å². The van der Waals surface area contributed by atoms with Crippen LogP contribution in [0.25, 0.3) is 0 Å². The van der Waals surface area contributed by atoms with Crippen LogP contribution in [0, 0.1) is 6.92 Å². The lowest BCUT2D eigenvalue weighted by Crippen LogP contribution is -2.22. The highest BCUT2D eigenvalue weighted by Crippen LogP contribution is 2.22. The summed E-state index contributed by atoms with van der Waals surface area (Å²) in [6.07, 6.45) is 0.423. The van der Waals surface area contributed by atoms with Crippen LogP contribution in [0.4, 0.5) is 22.7 Å². The van der Waals surface area contributed by atoms with Crippen LogP contribution in [0.5, 0.6) is 0 Å². The summed E-state index contributed by atoms with van der Waals surface area (Å²) in [7, 11) is 3.99. The monoisotopic (exact) mass is 368 g/mol. The lowest BCUT2D eigenvalue weighted by atomic mass is 10.1. The quantitative estimate of drug-likeness (QED) is 0.691. The van der Waals surface area contributed by atoms with Crippen LogP contribution in [0.3, 0.4) is 0 Å². The van der Waals surface area contributed by atoms with Gasteiger partial charge in [0.05, 0.1) is 0 Å². The number of nitrogens with one attached hydrogen (secondary N) is 2. The number of amides is 1. The fourth-order valence-corrected chi connectivity index (χ4v) is 3.01. The number of carbonyl (C=O) groups excluding carboxylic acids is 1. The van der Waals surface area contributed by atoms with Crippen LogP contribution >= 0.6 is 0 Å². The van der Waals surface area contributed by atoms with Crippen molar-refractivity contribution in [2.45, 2.75) is 27.2 Å². The van der Waals surface area contributed by atoms with Gasteiger partial charge in [-0.25, -0.2) is 0 Å². The molecule has 5 nitrogen and oxygen atoms in total. The molecule has 0 aliphatic rings. The van der Waals surface area contributed by atoms with E-state index in [1.807, 2.05) is 43.3 Å². The van der Waals surface area contributed by atoms with E-state index >= 15 is 0 Å². The van der Waals surface area contributed by atoms with Gasteiger partial charge in [-0.15, -0.1) is 0 Å². The number of aryl methyl sites for hydroxylation is 1. The zero-order chi connectivity index (χ0) is 19.8. The van der Waals surface area contributed by atoms with E-state index in [2.05, 4.69) is 54.5 Å². The molecule has 0 unspecified atom stereocenters. The van der Waals surface area contributed by atoms with Gasteiger partial charge >= 0.3 is 0 Å². The van der Waals surface area contributed by atoms with Gasteiger partial charge in [-0.05, 0) is 68.8 Å². The summed E-state index contributed by atoms with van der Waals surface area (Å²) in [5.41, 5.74) is 5.44. The zero-order valence-electron chi connectivity index (χ0n) is 17.2. The SMILES string of the molecule is CCN(CC)c1ccc(NCCC(=O)Nc2ccc(N(C)C)cc2)c(C)c1. The summed E-state index contributed by atoms with van der Waals surface area (Å²) < 4.78 is 0. The average Bonchev–Trinajstić information content (AvgIpc) is 2.65. The van der Waals surface area contributed by atoms with Crippen LogP contribution in [0.1, 0.15) is 25.8 Å². The van der Waals surface area contributed by atoms with Gasteiger partial charge in [0.25, 0.3) is 0 Å². The van der Waals surface area contributed by atoms with Gasteiger partial charge in [0.1, 0.15) is 0 Å². The molecule has 0 saturated carbocycles. The topological polar surface area (TPSA) is 47.6 Å². The average molecular weight is 369 g/mol. The standard InChI is InChI=1S/C22H32N4O/c1-6-26(7-2)20-12-13-21(17(3)16-20)23-15-14-22(27)24-18-8-10-19(11-9-18)25(4)5/h8-13,16,23H,6-7,14-15H2,1-5H3,(H,24,27). The van der Waals surface area contributed by atoms with E-state index in [-0.39, 0.29) is 5.91 Å². The van der Waals surface area contributed by atoms with Crippen molar-refractivity contribution in [3.63, 3.8) is 0 Å². The highest BCUT2D eigenvalue weighted by molar-refractivity contribution is 5.91. The Morgan fingerprint density at radius 3 is 2.15 bits per heavy atom. The van der Waals surface area contributed by atoms with Crippen molar-refractivity contribution in [2.24, 2.45) is 0 Å². The molecule has 0 bridgehead atoms. The molecular weight excluding hydrogens is 336 g/mol. The largest absolute Gasteiger partial charge is 0.384 e. The Hall–Kier alpha value is -2.69. The van der Waals surface area contributed by atoms with Gasteiger partial charge in [0.2, 0.25) is 5.91 Å². The van der Waals surface area contributed by atoms with E-state index < -0.39 is 0 Å². The van der Waals surface area contributed by atoms with Crippen molar-refractivity contribution in [3.8, 4) is 0 Å². The third-order valence-corrected chi connectivity index (χ3v) is 4.67. The molecule has 2 rings (SSSR count). The number of nitrogens with zero attached hydrogens (tertiary/aromatic N) is 2. The second-order valence-corrected chi connectivity index (χ2v) is 6.84. The minimum Gasteiger partial charge on any atom is -0.384 e. The molecule has 0 saturated heterocycles. The molecule has 2 aromatic rings. The van der Waals surface area contributed by atoms with E-state index in [1.54, 1.807) is 0 Å². The molecule has 2 aromatic carbocycles. The third-order valence-electron chi connectivity index (χ3n) is 4.67. The maximum atomic E-state index is 12.2. The number of hydrogen-bond acceptors (Lipinski definition) is 4. The summed E-state index contributed by atoms with van der Waals surface area (Å²) in [4.78, 5) is 16.5. The molecule has 146 valence electrons. The molecule has 0 aliphatic heterocycles. The number of rotatable bonds is 9. The summed E-state index contributed by atoms with van der Waals surface area (Å²) >= 11 is 0. The predicted octanol–water partition coefficient (Wildman–Crippen LogP) is 4.35. The number of anilines is 4. The molecule has 0 atom stereocenters. The maximum absolute atomic E-state index is 12.2. The van der Waals surface area contributed by atoms with Gasteiger partial charge in [-0.1, -0.05) is 0 Å². The van der Waals surface area contributed by atoms with Crippen molar-refractivity contribution in [1.29, 1.82) is 0 Å². The van der Waals surface area contributed by atoms with E-state index in [4.69, 9.17) is 0 Å². The molecule has 2 N–H and O–H groups in total. The second kappa shape index (κ2) is 9.86. The molecule has 0 spiro atoms. The van der Waals surface area contributed by atoms with E-state index in [1.165, 1.54) is 11.3 Å². The van der Waals surface area contributed by atoms with E-state index in [0.29, 0.717) is 13.0 Å². The first kappa shape index (κ1) is 20.6. The number of carbonyl (C=O) groups is 1. The highest BCUT2D eigenvalue weighted by atomic mass is 16.1. The summed E-state index contributed by atoms with van der Waals surface area (Å²) in [5, 5.41) is 6.31. The van der Waals surface area contributed by atoms with Gasteiger partial charge in [0, 0.05) is 62.9 Å². The van der Waals surface area contributed by atoms with Gasteiger partial charge in [-0.3, -0.25) is 4.79 Å². The number of benzene rings is 2. The molecule has 0 radical (unpaired) electrons. The van der Waals surface area contributed by atoms with Crippen LogP contribution in [0.2, 0.25) is 0 Å². The first-order valence-electron chi connectivity index (χ1n) is 9.61. The summed E-state index contributed by atoms with van der Waals surface area (Å²) in [6.45, 7) is 9.03. The molecule has 0 aliphatic carbocycles. The summed E-state index contributed by atoms with van der Waals surface area (Å²) in [5.74, 6) is 0.0116. The molecule has 0 aromatic heterocycles. The predicted molar refractivity (Wildman–Crippen MR) is 117 cm³/mol.